The fourth-order valence-corrected chi connectivity index (χ4v) is 3.19. The van der Waals surface area contributed by atoms with E-state index in [1.807, 2.05) is 38.1 Å². The Morgan fingerprint density at radius 3 is 2.36 bits per heavy atom. The number of amides is 2. The van der Waals surface area contributed by atoms with Crippen molar-refractivity contribution in [3.05, 3.63) is 89.3 Å². The number of benzene rings is 2. The van der Waals surface area contributed by atoms with Crippen LogP contribution in [0.3, 0.4) is 0 Å². The van der Waals surface area contributed by atoms with Crippen LogP contribution in [-0.4, -0.2) is 16.4 Å². The molecule has 0 aliphatic carbocycles. The smallest absolute Gasteiger partial charge is 0.248 e. The number of anilines is 1. The number of para-hydroxylation sites is 1. The molecule has 1 aromatic heterocycles. The molecule has 0 spiro atoms. The minimum Gasteiger partial charge on any atom is -0.369 e. The highest BCUT2D eigenvalue weighted by molar-refractivity contribution is 6.02. The molecular formula is C23H23N3O2. The Balaban J connectivity index is 1.70. The summed E-state index contributed by atoms with van der Waals surface area (Å²) < 4.78 is 2.16. The summed E-state index contributed by atoms with van der Waals surface area (Å²) in [6.45, 7) is 4.08. The summed E-state index contributed by atoms with van der Waals surface area (Å²) in [4.78, 5) is 23.2. The predicted molar refractivity (Wildman–Crippen MR) is 112 cm³/mol. The summed E-state index contributed by atoms with van der Waals surface area (Å²) >= 11 is 0. The van der Waals surface area contributed by atoms with Gasteiger partial charge in [-0.15, -0.1) is 0 Å². The largest absolute Gasteiger partial charge is 0.369 e. The summed E-state index contributed by atoms with van der Waals surface area (Å²) in [6.07, 6.45) is 3.53. The number of nitrogens with one attached hydrogen (secondary N) is 1. The van der Waals surface area contributed by atoms with Gasteiger partial charge in [0.2, 0.25) is 11.8 Å². The highest BCUT2D eigenvalue weighted by Crippen LogP contribution is 2.21. The Morgan fingerprint density at radius 2 is 1.71 bits per heavy atom. The first-order valence-corrected chi connectivity index (χ1v) is 9.04. The maximum Gasteiger partial charge on any atom is 0.248 e. The highest BCUT2D eigenvalue weighted by atomic mass is 16.1. The van der Waals surface area contributed by atoms with Crippen LogP contribution in [-0.2, 0) is 16.0 Å². The molecule has 0 fully saturated rings. The lowest BCUT2D eigenvalue weighted by Gasteiger charge is -2.09. The molecule has 2 aromatic carbocycles. The third-order valence-corrected chi connectivity index (χ3v) is 4.50. The third kappa shape index (κ3) is 4.57. The molecule has 5 nitrogen and oxygen atoms in total. The SMILES string of the molecule is Cc1cc(C=CC(=O)Nc2ccc(CC(N)=O)cc2)c(C)n1-c1ccccc1. The molecule has 0 saturated carbocycles. The molecule has 0 saturated heterocycles. The van der Waals surface area contributed by atoms with Gasteiger partial charge in [-0.25, -0.2) is 0 Å². The van der Waals surface area contributed by atoms with Gasteiger partial charge in [0.05, 0.1) is 6.42 Å². The monoisotopic (exact) mass is 373 g/mol. The molecular weight excluding hydrogens is 350 g/mol. The van der Waals surface area contributed by atoms with E-state index >= 15 is 0 Å². The molecule has 28 heavy (non-hydrogen) atoms. The van der Waals surface area contributed by atoms with Crippen molar-refractivity contribution >= 4 is 23.6 Å². The van der Waals surface area contributed by atoms with E-state index in [9.17, 15) is 9.59 Å². The second kappa shape index (κ2) is 8.39. The minimum atomic E-state index is -0.382. The molecule has 3 N–H and O–H groups in total. The Labute approximate surface area is 164 Å². The van der Waals surface area contributed by atoms with E-state index in [-0.39, 0.29) is 18.2 Å². The van der Waals surface area contributed by atoms with Crippen molar-refractivity contribution in [3.63, 3.8) is 0 Å². The summed E-state index contributed by atoms with van der Waals surface area (Å²) in [6, 6.07) is 19.2. The first-order chi connectivity index (χ1) is 13.4. The summed E-state index contributed by atoms with van der Waals surface area (Å²) in [7, 11) is 0. The van der Waals surface area contributed by atoms with Crippen molar-refractivity contribution in [2.24, 2.45) is 5.73 Å². The zero-order valence-corrected chi connectivity index (χ0v) is 16.0. The van der Waals surface area contributed by atoms with Gasteiger partial charge in [-0.2, -0.15) is 0 Å². The molecule has 3 aromatic rings. The number of carbonyl (C=O) groups excluding carboxylic acids is 2. The highest BCUT2D eigenvalue weighted by Gasteiger charge is 2.09. The lowest BCUT2D eigenvalue weighted by atomic mass is 10.1. The number of nitrogens with two attached hydrogens (primary N) is 1. The number of rotatable bonds is 6. The number of aromatic nitrogens is 1. The molecule has 0 bridgehead atoms. The molecule has 0 unspecified atom stereocenters. The average molecular weight is 373 g/mol. The van der Waals surface area contributed by atoms with E-state index in [2.05, 4.69) is 28.1 Å². The van der Waals surface area contributed by atoms with Crippen LogP contribution in [0.4, 0.5) is 5.69 Å². The number of nitrogens with zero attached hydrogens (tertiary/aromatic N) is 1. The van der Waals surface area contributed by atoms with Crippen LogP contribution in [0.25, 0.3) is 11.8 Å². The van der Waals surface area contributed by atoms with Crippen LogP contribution in [0.1, 0.15) is 22.5 Å². The molecule has 0 radical (unpaired) electrons. The Bertz CT molecular complexity index is 1020. The fraction of sp³-hybridized carbons (Fsp3) is 0.130. The molecule has 142 valence electrons. The standard InChI is InChI=1S/C23H23N3O2/c1-16-14-19(17(2)26(16)21-6-4-3-5-7-21)10-13-23(28)25-20-11-8-18(9-12-20)15-22(24)27/h3-14H,15H2,1-2H3,(H2,24,27)(H,25,28). The van der Waals surface area contributed by atoms with Crippen LogP contribution in [0.15, 0.2) is 66.7 Å². The second-order valence-corrected chi connectivity index (χ2v) is 6.66. The van der Waals surface area contributed by atoms with Crippen molar-refractivity contribution < 1.29 is 9.59 Å². The quantitative estimate of drug-likeness (QED) is 0.645. The second-order valence-electron chi connectivity index (χ2n) is 6.66. The first-order valence-electron chi connectivity index (χ1n) is 9.04. The van der Waals surface area contributed by atoms with Crippen molar-refractivity contribution in [1.82, 2.24) is 4.57 Å². The average Bonchev–Trinajstić information content (AvgIpc) is 2.95. The van der Waals surface area contributed by atoms with Crippen molar-refractivity contribution in [2.75, 3.05) is 5.32 Å². The van der Waals surface area contributed by atoms with E-state index in [0.717, 1.165) is 28.2 Å². The van der Waals surface area contributed by atoms with Crippen molar-refractivity contribution in [2.45, 2.75) is 20.3 Å². The van der Waals surface area contributed by atoms with Gasteiger partial charge in [-0.1, -0.05) is 30.3 Å². The van der Waals surface area contributed by atoms with E-state index in [1.165, 1.54) is 6.08 Å². The zero-order valence-electron chi connectivity index (χ0n) is 16.0. The topological polar surface area (TPSA) is 77.1 Å². The molecule has 5 heteroatoms. The number of hydrogen-bond donors (Lipinski definition) is 2. The molecule has 3 rings (SSSR count). The van der Waals surface area contributed by atoms with Gasteiger partial charge < -0.3 is 15.6 Å². The minimum absolute atomic E-state index is 0.186. The number of aryl methyl sites for hydroxylation is 1. The number of carbonyl (C=O) groups is 2. The van der Waals surface area contributed by atoms with Gasteiger partial charge in [0, 0.05) is 28.8 Å². The zero-order chi connectivity index (χ0) is 20.1. The van der Waals surface area contributed by atoms with Crippen LogP contribution in [0.2, 0.25) is 0 Å². The molecule has 0 aliphatic rings. The van der Waals surface area contributed by atoms with Gasteiger partial charge >= 0.3 is 0 Å². The maximum atomic E-state index is 12.2. The lowest BCUT2D eigenvalue weighted by molar-refractivity contribution is -0.117. The predicted octanol–water partition coefficient (Wildman–Crippen LogP) is 3.77. The Kier molecular flexibility index (Phi) is 5.75. The van der Waals surface area contributed by atoms with E-state index < -0.39 is 0 Å². The number of hydrogen-bond acceptors (Lipinski definition) is 2. The lowest BCUT2D eigenvalue weighted by Crippen LogP contribution is -2.13. The number of primary amides is 1. The van der Waals surface area contributed by atoms with Gasteiger partial charge in [-0.05, 0) is 61.4 Å². The Morgan fingerprint density at radius 1 is 1.04 bits per heavy atom. The van der Waals surface area contributed by atoms with E-state index in [4.69, 9.17) is 5.73 Å². The van der Waals surface area contributed by atoms with Crippen LogP contribution < -0.4 is 11.1 Å². The normalized spacial score (nSPS) is 10.9. The summed E-state index contributed by atoms with van der Waals surface area (Å²) in [5.41, 5.74) is 10.9. The summed E-state index contributed by atoms with van der Waals surface area (Å²) in [5.74, 6) is -0.597. The van der Waals surface area contributed by atoms with E-state index in [0.29, 0.717) is 5.69 Å². The van der Waals surface area contributed by atoms with Crippen LogP contribution in [0.5, 0.6) is 0 Å². The van der Waals surface area contributed by atoms with Crippen LogP contribution >= 0.6 is 0 Å². The Hall–Kier alpha value is -3.60. The summed E-state index contributed by atoms with van der Waals surface area (Å²) in [5, 5.41) is 2.82. The molecule has 1 heterocycles. The van der Waals surface area contributed by atoms with Crippen molar-refractivity contribution in [3.8, 4) is 5.69 Å². The molecule has 2 amide bonds. The van der Waals surface area contributed by atoms with Crippen LogP contribution in [0, 0.1) is 13.8 Å². The first kappa shape index (κ1) is 19.2. The van der Waals surface area contributed by atoms with Gasteiger partial charge in [0.1, 0.15) is 0 Å². The van der Waals surface area contributed by atoms with Gasteiger partial charge in [0.25, 0.3) is 0 Å². The fourth-order valence-electron chi connectivity index (χ4n) is 3.19. The van der Waals surface area contributed by atoms with Gasteiger partial charge in [-0.3, -0.25) is 9.59 Å². The van der Waals surface area contributed by atoms with E-state index in [1.54, 1.807) is 24.3 Å². The molecule has 0 atom stereocenters. The van der Waals surface area contributed by atoms with Gasteiger partial charge in [0.15, 0.2) is 0 Å². The maximum absolute atomic E-state index is 12.2. The molecule has 0 aliphatic heterocycles. The van der Waals surface area contributed by atoms with Crippen molar-refractivity contribution in [1.29, 1.82) is 0 Å². The third-order valence-electron chi connectivity index (χ3n) is 4.50.